The summed E-state index contributed by atoms with van der Waals surface area (Å²) >= 11 is 0. The summed E-state index contributed by atoms with van der Waals surface area (Å²) < 4.78 is 5.31. The van der Waals surface area contributed by atoms with Gasteiger partial charge in [0.25, 0.3) is 5.91 Å². The molecule has 0 spiro atoms. The molecular weight excluding hydrogens is 248 g/mol. The number of carbonyl (C=O) groups is 2. The van der Waals surface area contributed by atoms with Gasteiger partial charge in [-0.05, 0) is 34.1 Å². The van der Waals surface area contributed by atoms with Crippen LogP contribution in [0.4, 0.5) is 4.79 Å². The third-order valence-corrected chi connectivity index (χ3v) is 3.20. The van der Waals surface area contributed by atoms with E-state index in [-0.39, 0.29) is 12.0 Å². The first-order chi connectivity index (χ1) is 8.59. The van der Waals surface area contributed by atoms with Crippen molar-refractivity contribution in [2.45, 2.75) is 39.7 Å². The van der Waals surface area contributed by atoms with Crippen LogP contribution in [0.1, 0.15) is 34.1 Å². The van der Waals surface area contributed by atoms with Crippen LogP contribution < -0.4 is 0 Å². The molecule has 1 aliphatic rings. The Morgan fingerprint density at radius 2 is 1.89 bits per heavy atom. The summed E-state index contributed by atoms with van der Waals surface area (Å²) in [6.45, 7) is 8.19. The topological polar surface area (TPSA) is 59.1 Å². The summed E-state index contributed by atoms with van der Waals surface area (Å²) in [6, 6.07) is 0. The number of likely N-dealkylation sites (tertiary alicyclic amines) is 1. The van der Waals surface area contributed by atoms with Crippen molar-refractivity contribution >= 4 is 12.0 Å². The molecule has 1 atom stereocenters. The highest BCUT2D eigenvalue weighted by atomic mass is 16.7. The van der Waals surface area contributed by atoms with Crippen molar-refractivity contribution in [3.8, 4) is 0 Å². The number of rotatable bonds is 2. The fraction of sp³-hybridized carbons (Fsp3) is 0.846. The summed E-state index contributed by atoms with van der Waals surface area (Å²) in [5.74, 6) is -0.124. The smallest absolute Gasteiger partial charge is 0.410 e. The summed E-state index contributed by atoms with van der Waals surface area (Å²) in [4.78, 5) is 30.6. The van der Waals surface area contributed by atoms with Crippen molar-refractivity contribution < 1.29 is 19.2 Å². The van der Waals surface area contributed by atoms with E-state index in [4.69, 9.17) is 9.57 Å². The van der Waals surface area contributed by atoms with Gasteiger partial charge in [0, 0.05) is 20.1 Å². The molecule has 0 saturated carbocycles. The van der Waals surface area contributed by atoms with E-state index in [1.54, 1.807) is 11.9 Å². The average Bonchev–Trinajstić information content (AvgIpc) is 2.69. The van der Waals surface area contributed by atoms with Crippen LogP contribution in [-0.2, 0) is 14.4 Å². The maximum Gasteiger partial charge on any atom is 0.410 e. The highest BCUT2D eigenvalue weighted by Crippen LogP contribution is 2.32. The first-order valence-electron chi connectivity index (χ1n) is 6.39. The Kier molecular flexibility index (Phi) is 4.45. The van der Waals surface area contributed by atoms with Gasteiger partial charge in [0.15, 0.2) is 0 Å². The molecule has 1 heterocycles. The second-order valence-corrected chi connectivity index (χ2v) is 6.20. The van der Waals surface area contributed by atoms with Gasteiger partial charge in [-0.2, -0.15) is 0 Å². The van der Waals surface area contributed by atoms with Gasteiger partial charge in [-0.3, -0.25) is 9.63 Å². The van der Waals surface area contributed by atoms with E-state index in [2.05, 4.69) is 0 Å². The Morgan fingerprint density at radius 3 is 2.37 bits per heavy atom. The van der Waals surface area contributed by atoms with Crippen molar-refractivity contribution in [3.05, 3.63) is 0 Å². The summed E-state index contributed by atoms with van der Waals surface area (Å²) in [6.07, 6.45) is 0.239. The standard InChI is InChI=1S/C13H24N2O4/c1-12(2,3)19-11(17)15-8-7-13(4,9-15)10(16)14(5)18-6/h7-9H2,1-6H3. The average molecular weight is 272 g/mol. The van der Waals surface area contributed by atoms with Crippen molar-refractivity contribution in [2.75, 3.05) is 27.2 Å². The molecule has 0 aromatic rings. The van der Waals surface area contributed by atoms with E-state index in [9.17, 15) is 9.59 Å². The number of amides is 2. The molecule has 0 aromatic carbocycles. The minimum absolute atomic E-state index is 0.124. The van der Waals surface area contributed by atoms with E-state index in [0.717, 1.165) is 0 Å². The summed E-state index contributed by atoms with van der Waals surface area (Å²) in [7, 11) is 3.02. The highest BCUT2D eigenvalue weighted by Gasteiger charge is 2.44. The molecule has 2 amide bonds. The second kappa shape index (κ2) is 5.36. The lowest BCUT2D eigenvalue weighted by atomic mass is 9.89. The lowest BCUT2D eigenvalue weighted by molar-refractivity contribution is -0.178. The molecule has 1 saturated heterocycles. The Balaban J connectivity index is 2.67. The third-order valence-electron chi connectivity index (χ3n) is 3.20. The Bertz CT molecular complexity index is 364. The van der Waals surface area contributed by atoms with Crippen LogP contribution in [0.5, 0.6) is 0 Å². The van der Waals surface area contributed by atoms with E-state index in [0.29, 0.717) is 19.5 Å². The van der Waals surface area contributed by atoms with Gasteiger partial charge in [-0.15, -0.1) is 0 Å². The molecular formula is C13H24N2O4. The monoisotopic (exact) mass is 272 g/mol. The first kappa shape index (κ1) is 15.8. The van der Waals surface area contributed by atoms with E-state index in [1.165, 1.54) is 12.2 Å². The maximum absolute atomic E-state index is 12.2. The molecule has 1 fully saturated rings. The number of hydroxylamine groups is 2. The van der Waals surface area contributed by atoms with Crippen molar-refractivity contribution in [3.63, 3.8) is 0 Å². The molecule has 19 heavy (non-hydrogen) atoms. The summed E-state index contributed by atoms with van der Waals surface area (Å²) in [5.41, 5.74) is -1.13. The number of carbonyl (C=O) groups excluding carboxylic acids is 2. The molecule has 6 heteroatoms. The molecule has 110 valence electrons. The Morgan fingerprint density at radius 1 is 1.32 bits per heavy atom. The van der Waals surface area contributed by atoms with Gasteiger partial charge in [0.1, 0.15) is 5.60 Å². The normalized spacial score (nSPS) is 23.4. The maximum atomic E-state index is 12.2. The van der Waals surface area contributed by atoms with Crippen molar-refractivity contribution in [2.24, 2.45) is 5.41 Å². The van der Waals surface area contributed by atoms with Gasteiger partial charge in [-0.1, -0.05) is 0 Å². The number of hydrogen-bond donors (Lipinski definition) is 0. The van der Waals surface area contributed by atoms with Crippen LogP contribution in [0.25, 0.3) is 0 Å². The molecule has 0 N–H and O–H groups in total. The second-order valence-electron chi connectivity index (χ2n) is 6.20. The SMILES string of the molecule is CON(C)C(=O)C1(C)CCN(C(=O)OC(C)(C)C)C1. The van der Waals surface area contributed by atoms with Crippen LogP contribution >= 0.6 is 0 Å². The zero-order valence-corrected chi connectivity index (χ0v) is 12.6. The molecule has 0 aromatic heterocycles. The molecule has 0 bridgehead atoms. The lowest BCUT2D eigenvalue weighted by Gasteiger charge is -2.28. The quantitative estimate of drug-likeness (QED) is 0.717. The van der Waals surface area contributed by atoms with Gasteiger partial charge >= 0.3 is 6.09 Å². The van der Waals surface area contributed by atoms with E-state index < -0.39 is 11.0 Å². The van der Waals surface area contributed by atoms with Gasteiger partial charge in [0.05, 0.1) is 12.5 Å². The molecule has 1 aliphatic heterocycles. The first-order valence-corrected chi connectivity index (χ1v) is 6.39. The van der Waals surface area contributed by atoms with Crippen LogP contribution in [0, 0.1) is 5.41 Å². The summed E-state index contributed by atoms with van der Waals surface area (Å²) in [5, 5.41) is 1.21. The van der Waals surface area contributed by atoms with Gasteiger partial charge in [0.2, 0.25) is 0 Å². The van der Waals surface area contributed by atoms with Crippen LogP contribution in [-0.4, -0.2) is 54.8 Å². The fourth-order valence-corrected chi connectivity index (χ4v) is 2.08. The van der Waals surface area contributed by atoms with E-state index >= 15 is 0 Å². The predicted octanol–water partition coefficient (Wildman–Crippen LogP) is 1.65. The van der Waals surface area contributed by atoms with Crippen molar-refractivity contribution in [1.82, 2.24) is 9.96 Å². The highest BCUT2D eigenvalue weighted by molar-refractivity contribution is 5.83. The molecule has 0 radical (unpaired) electrons. The van der Waals surface area contributed by atoms with Crippen LogP contribution in [0.15, 0.2) is 0 Å². The Labute approximate surface area is 114 Å². The minimum atomic E-state index is -0.609. The molecule has 1 rings (SSSR count). The largest absolute Gasteiger partial charge is 0.444 e. The third kappa shape index (κ3) is 3.83. The lowest BCUT2D eigenvalue weighted by Crippen LogP contribution is -2.43. The molecule has 1 unspecified atom stereocenters. The predicted molar refractivity (Wildman–Crippen MR) is 70.3 cm³/mol. The minimum Gasteiger partial charge on any atom is -0.444 e. The van der Waals surface area contributed by atoms with Crippen LogP contribution in [0.3, 0.4) is 0 Å². The van der Waals surface area contributed by atoms with Gasteiger partial charge in [-0.25, -0.2) is 9.86 Å². The Hall–Kier alpha value is -1.30. The number of ether oxygens (including phenoxy) is 1. The zero-order valence-electron chi connectivity index (χ0n) is 12.6. The van der Waals surface area contributed by atoms with Crippen molar-refractivity contribution in [1.29, 1.82) is 0 Å². The fourth-order valence-electron chi connectivity index (χ4n) is 2.08. The number of nitrogens with zero attached hydrogens (tertiary/aromatic N) is 2. The zero-order chi connectivity index (χ0) is 14.8. The van der Waals surface area contributed by atoms with E-state index in [1.807, 2.05) is 27.7 Å². The van der Waals surface area contributed by atoms with Crippen LogP contribution in [0.2, 0.25) is 0 Å². The molecule has 6 nitrogen and oxygen atoms in total. The van der Waals surface area contributed by atoms with Gasteiger partial charge < -0.3 is 9.64 Å². The molecule has 0 aliphatic carbocycles. The number of hydrogen-bond acceptors (Lipinski definition) is 4.